The molecule has 254 valence electrons. The van der Waals surface area contributed by atoms with E-state index in [9.17, 15) is 14.0 Å². The van der Waals surface area contributed by atoms with Gasteiger partial charge >= 0.3 is 0 Å². The fourth-order valence-corrected chi connectivity index (χ4v) is 8.64. The van der Waals surface area contributed by atoms with Crippen molar-refractivity contribution in [2.75, 3.05) is 48.0 Å². The first-order valence-corrected chi connectivity index (χ1v) is 17.9. The molecule has 2 saturated heterocycles. The summed E-state index contributed by atoms with van der Waals surface area (Å²) in [4.78, 5) is 38.0. The van der Waals surface area contributed by atoms with E-state index in [1.54, 1.807) is 52.8 Å². The summed E-state index contributed by atoms with van der Waals surface area (Å²) in [5, 5.41) is 15.4. The number of nitrogens with zero attached hydrogens (tertiary/aromatic N) is 7. The molecule has 4 aliphatic rings. The Kier molecular flexibility index (Phi) is 7.50. The van der Waals surface area contributed by atoms with Gasteiger partial charge in [-0.25, -0.2) is 14.1 Å². The van der Waals surface area contributed by atoms with Crippen molar-refractivity contribution in [3.63, 3.8) is 0 Å². The van der Waals surface area contributed by atoms with Gasteiger partial charge in [-0.05, 0) is 115 Å². The van der Waals surface area contributed by atoms with E-state index in [0.717, 1.165) is 84.3 Å². The standard InChI is InChI=1S/C37H35FN8O3S/c1-22-16-29(33(39-19-22)44-20-37(21-44)11-14-49-15-12-37)35(47)40-26-5-2-23(3-6-26)36(48)45-13-10-24-17-31(34-41-42-43-46(34)27-7-8-27)50-32(24)28-9-4-25(38)18-30(28)45/h2-6,9,16-19,27H,7-8,10-15,20-21H2,1H3,(H,40,47). The quantitative estimate of drug-likeness (QED) is 0.220. The normalized spacial score (nSPS) is 17.9. The molecule has 1 spiro atoms. The van der Waals surface area contributed by atoms with E-state index in [1.807, 2.05) is 17.7 Å². The summed E-state index contributed by atoms with van der Waals surface area (Å²) in [7, 11) is 0. The number of hydrogen-bond acceptors (Lipinski definition) is 9. The molecule has 3 fully saturated rings. The van der Waals surface area contributed by atoms with Crippen LogP contribution in [-0.4, -0.2) is 69.9 Å². The number of carbonyl (C=O) groups excluding carboxylic acids is 2. The van der Waals surface area contributed by atoms with Crippen LogP contribution in [0.2, 0.25) is 0 Å². The summed E-state index contributed by atoms with van der Waals surface area (Å²) in [6, 6.07) is 15.8. The Labute approximate surface area is 292 Å². The maximum atomic E-state index is 14.7. The topological polar surface area (TPSA) is 118 Å². The molecule has 1 aliphatic carbocycles. The zero-order valence-corrected chi connectivity index (χ0v) is 28.4. The Morgan fingerprint density at radius 2 is 1.84 bits per heavy atom. The Morgan fingerprint density at radius 3 is 2.62 bits per heavy atom. The maximum absolute atomic E-state index is 14.7. The molecule has 1 saturated carbocycles. The van der Waals surface area contributed by atoms with Crippen LogP contribution in [0.5, 0.6) is 0 Å². The molecule has 5 aromatic rings. The summed E-state index contributed by atoms with van der Waals surface area (Å²) in [6.07, 6.45) is 6.57. The van der Waals surface area contributed by atoms with Crippen LogP contribution in [-0.2, 0) is 11.2 Å². The van der Waals surface area contributed by atoms with E-state index < -0.39 is 5.82 Å². The number of aromatic nitrogens is 5. The van der Waals surface area contributed by atoms with Crippen LogP contribution in [0.4, 0.5) is 21.6 Å². The summed E-state index contributed by atoms with van der Waals surface area (Å²) >= 11 is 1.57. The minimum atomic E-state index is -0.413. The summed E-state index contributed by atoms with van der Waals surface area (Å²) in [5.74, 6) is 0.521. The molecule has 0 bridgehead atoms. The molecule has 6 heterocycles. The first kappa shape index (κ1) is 31.0. The first-order valence-electron chi connectivity index (χ1n) is 17.1. The lowest BCUT2D eigenvalue weighted by Crippen LogP contribution is -2.59. The molecule has 2 aromatic carbocycles. The predicted molar refractivity (Wildman–Crippen MR) is 188 cm³/mol. The number of thiophene rings is 1. The van der Waals surface area contributed by atoms with Crippen molar-refractivity contribution in [1.29, 1.82) is 0 Å². The second-order valence-corrected chi connectivity index (χ2v) is 14.9. The molecule has 0 atom stereocenters. The Balaban J connectivity index is 0.936. The number of amides is 2. The zero-order chi connectivity index (χ0) is 34.0. The van der Waals surface area contributed by atoms with Crippen LogP contribution in [0.3, 0.4) is 0 Å². The molecular formula is C37H35FN8O3S. The van der Waals surface area contributed by atoms with Crippen molar-refractivity contribution in [3.8, 4) is 21.1 Å². The Morgan fingerprint density at radius 1 is 1.04 bits per heavy atom. The minimum Gasteiger partial charge on any atom is -0.381 e. The number of halogens is 1. The third kappa shape index (κ3) is 5.54. The number of carbonyl (C=O) groups is 2. The van der Waals surface area contributed by atoms with Gasteiger partial charge in [-0.3, -0.25) is 9.59 Å². The van der Waals surface area contributed by atoms with E-state index in [1.165, 1.54) is 12.1 Å². The lowest BCUT2D eigenvalue weighted by atomic mass is 9.73. The van der Waals surface area contributed by atoms with Gasteiger partial charge in [0, 0.05) is 66.2 Å². The number of aryl methyl sites for hydroxylation is 1. The third-order valence-electron chi connectivity index (χ3n) is 10.3. The van der Waals surface area contributed by atoms with Gasteiger partial charge in [-0.1, -0.05) is 0 Å². The zero-order valence-electron chi connectivity index (χ0n) is 27.6. The number of hydrogen-bond donors (Lipinski definition) is 1. The minimum absolute atomic E-state index is 0.241. The van der Waals surface area contributed by atoms with Crippen LogP contribution < -0.4 is 15.1 Å². The van der Waals surface area contributed by atoms with Crippen LogP contribution >= 0.6 is 11.3 Å². The van der Waals surface area contributed by atoms with Crippen molar-refractivity contribution in [3.05, 3.63) is 88.9 Å². The number of benzene rings is 2. The van der Waals surface area contributed by atoms with Gasteiger partial charge in [-0.15, -0.1) is 16.4 Å². The largest absolute Gasteiger partial charge is 0.381 e. The average molecular weight is 691 g/mol. The fourth-order valence-electron chi connectivity index (χ4n) is 7.42. The highest BCUT2D eigenvalue weighted by atomic mass is 32.1. The van der Waals surface area contributed by atoms with Crippen molar-refractivity contribution >= 4 is 40.3 Å². The maximum Gasteiger partial charge on any atom is 0.259 e. The predicted octanol–water partition coefficient (Wildman–Crippen LogP) is 6.32. The fraction of sp³-hybridized carbons (Fsp3) is 0.351. The number of fused-ring (bicyclic) bond motifs is 3. The first-order chi connectivity index (χ1) is 24.3. The van der Waals surface area contributed by atoms with Crippen LogP contribution in [0, 0.1) is 18.2 Å². The lowest BCUT2D eigenvalue weighted by Gasteiger charge is -2.53. The highest BCUT2D eigenvalue weighted by molar-refractivity contribution is 7.19. The van der Waals surface area contributed by atoms with Gasteiger partial charge in [0.1, 0.15) is 11.6 Å². The van der Waals surface area contributed by atoms with Crippen molar-refractivity contribution in [2.24, 2.45) is 5.41 Å². The van der Waals surface area contributed by atoms with Crippen LogP contribution in [0.25, 0.3) is 21.1 Å². The molecule has 3 aliphatic heterocycles. The lowest BCUT2D eigenvalue weighted by molar-refractivity contribution is -0.000510. The Bertz CT molecular complexity index is 2130. The van der Waals surface area contributed by atoms with Gasteiger partial charge in [0.15, 0.2) is 5.82 Å². The van der Waals surface area contributed by atoms with Crippen molar-refractivity contribution in [1.82, 2.24) is 25.2 Å². The molecule has 3 aromatic heterocycles. The molecule has 0 radical (unpaired) electrons. The summed E-state index contributed by atoms with van der Waals surface area (Å²) in [6.45, 7) is 5.59. The van der Waals surface area contributed by atoms with Crippen molar-refractivity contribution < 1.29 is 18.7 Å². The summed E-state index contributed by atoms with van der Waals surface area (Å²) < 4.78 is 22.2. The highest BCUT2D eigenvalue weighted by Gasteiger charge is 2.45. The SMILES string of the molecule is Cc1cnc(N2CC3(CCOCC3)C2)c(C(=O)Nc2ccc(C(=O)N3CCc4cc(-c5nnnn5C5CC5)sc4-c4ccc(F)cc43)cc2)c1. The van der Waals surface area contributed by atoms with Gasteiger partial charge in [0.05, 0.1) is 22.2 Å². The molecule has 1 N–H and O–H groups in total. The number of anilines is 3. The highest BCUT2D eigenvalue weighted by Crippen LogP contribution is 2.46. The second-order valence-electron chi connectivity index (χ2n) is 13.9. The molecule has 2 amide bonds. The number of ether oxygens (including phenoxy) is 1. The molecule has 9 rings (SSSR count). The molecule has 50 heavy (non-hydrogen) atoms. The molecular weight excluding hydrogens is 656 g/mol. The third-order valence-corrected chi connectivity index (χ3v) is 11.5. The number of nitrogens with one attached hydrogen (secondary N) is 1. The van der Waals surface area contributed by atoms with Gasteiger partial charge in [0.2, 0.25) is 0 Å². The summed E-state index contributed by atoms with van der Waals surface area (Å²) in [5.41, 5.74) is 5.06. The van der Waals surface area contributed by atoms with E-state index in [2.05, 4.69) is 36.8 Å². The second kappa shape index (κ2) is 12.1. The number of pyridine rings is 1. The van der Waals surface area contributed by atoms with Gasteiger partial charge < -0.3 is 19.9 Å². The van der Waals surface area contributed by atoms with E-state index in [0.29, 0.717) is 47.3 Å². The van der Waals surface area contributed by atoms with Gasteiger partial charge in [-0.2, -0.15) is 0 Å². The average Bonchev–Trinajstić information content (AvgIpc) is 3.73. The van der Waals surface area contributed by atoms with E-state index in [-0.39, 0.29) is 17.2 Å². The molecule has 13 heteroatoms. The molecule has 11 nitrogen and oxygen atoms in total. The van der Waals surface area contributed by atoms with E-state index in [4.69, 9.17) is 4.74 Å². The van der Waals surface area contributed by atoms with E-state index >= 15 is 0 Å². The number of tetrazole rings is 1. The monoisotopic (exact) mass is 690 g/mol. The Hall–Kier alpha value is -5.01. The van der Waals surface area contributed by atoms with Crippen LogP contribution in [0.1, 0.15) is 63.6 Å². The van der Waals surface area contributed by atoms with Gasteiger partial charge in [0.25, 0.3) is 11.8 Å². The number of rotatable bonds is 6. The smallest absolute Gasteiger partial charge is 0.259 e. The van der Waals surface area contributed by atoms with Crippen LogP contribution in [0.15, 0.2) is 60.8 Å². The molecule has 0 unspecified atom stereocenters. The van der Waals surface area contributed by atoms with Crippen molar-refractivity contribution in [2.45, 2.75) is 45.1 Å².